The maximum atomic E-state index is 9.96. The monoisotopic (exact) mass is 440 g/mol. The lowest BCUT2D eigenvalue weighted by Crippen LogP contribution is -2.14. The summed E-state index contributed by atoms with van der Waals surface area (Å²) >= 11 is 0. The van der Waals surface area contributed by atoms with Gasteiger partial charge in [0.1, 0.15) is 41.4 Å². The molecule has 2 heterocycles. The van der Waals surface area contributed by atoms with E-state index in [1.807, 2.05) is 73.7 Å². The molecule has 8 heteroatoms. The molecule has 4 aromatic rings. The number of rotatable bonds is 9. The molecular weight excluding hydrogens is 416 g/mol. The number of aromatic amines is 1. The fraction of sp³-hybridized carbons (Fsp3) is 0.160. The molecule has 0 atom stereocenters. The number of aryl methyl sites for hydroxylation is 1. The third-order valence-electron chi connectivity index (χ3n) is 4.90. The minimum Gasteiger partial charge on any atom is -0.497 e. The molecule has 33 heavy (non-hydrogen) atoms. The Balaban J connectivity index is 1.62. The van der Waals surface area contributed by atoms with Crippen LogP contribution in [0.15, 0.2) is 66.7 Å². The maximum Gasteiger partial charge on any atom is 0.153 e. The summed E-state index contributed by atoms with van der Waals surface area (Å²) in [6.07, 6.45) is 0. The number of nitriles is 1. The van der Waals surface area contributed by atoms with E-state index in [4.69, 9.17) is 9.47 Å². The van der Waals surface area contributed by atoms with E-state index < -0.39 is 0 Å². The van der Waals surface area contributed by atoms with Crippen LogP contribution in [0.5, 0.6) is 11.5 Å². The average Bonchev–Trinajstić information content (AvgIpc) is 3.26. The molecule has 0 fully saturated rings. The Morgan fingerprint density at radius 1 is 1.00 bits per heavy atom. The topological polar surface area (TPSA) is 108 Å². The average molecular weight is 441 g/mol. The van der Waals surface area contributed by atoms with Crippen molar-refractivity contribution in [2.45, 2.75) is 6.92 Å². The van der Waals surface area contributed by atoms with Crippen LogP contribution < -0.4 is 20.1 Å². The SMILES string of the molecule is COc1ccc(-c2cc(Nc3cc(C)[nH]n3)nc(NCCOc3ccccc3)c2C#N)cc1. The third-order valence-corrected chi connectivity index (χ3v) is 4.90. The first-order valence-corrected chi connectivity index (χ1v) is 10.5. The van der Waals surface area contributed by atoms with Gasteiger partial charge in [0.15, 0.2) is 5.82 Å². The Morgan fingerprint density at radius 3 is 2.45 bits per heavy atom. The number of pyridine rings is 1. The van der Waals surface area contributed by atoms with Crippen LogP contribution in [0.4, 0.5) is 17.5 Å². The van der Waals surface area contributed by atoms with Crippen molar-refractivity contribution in [3.63, 3.8) is 0 Å². The molecule has 0 saturated carbocycles. The van der Waals surface area contributed by atoms with E-state index in [0.717, 1.165) is 28.3 Å². The van der Waals surface area contributed by atoms with Crippen molar-refractivity contribution in [1.82, 2.24) is 15.2 Å². The molecule has 0 bridgehead atoms. The highest BCUT2D eigenvalue weighted by molar-refractivity contribution is 5.80. The van der Waals surface area contributed by atoms with Crippen LogP contribution >= 0.6 is 0 Å². The number of nitrogens with one attached hydrogen (secondary N) is 3. The number of methoxy groups -OCH3 is 1. The van der Waals surface area contributed by atoms with E-state index in [9.17, 15) is 5.26 Å². The van der Waals surface area contributed by atoms with E-state index in [1.165, 1.54) is 0 Å². The second-order valence-electron chi connectivity index (χ2n) is 7.27. The number of anilines is 3. The first kappa shape index (κ1) is 21.7. The molecule has 3 N–H and O–H groups in total. The molecule has 0 saturated heterocycles. The zero-order valence-corrected chi connectivity index (χ0v) is 18.4. The minimum absolute atomic E-state index is 0.421. The summed E-state index contributed by atoms with van der Waals surface area (Å²) in [6, 6.07) is 23.2. The minimum atomic E-state index is 0.421. The molecule has 4 rings (SSSR count). The molecule has 0 aliphatic heterocycles. The van der Waals surface area contributed by atoms with Gasteiger partial charge in [-0.2, -0.15) is 10.4 Å². The van der Waals surface area contributed by atoms with Crippen LogP contribution in [0.2, 0.25) is 0 Å². The van der Waals surface area contributed by atoms with Crippen LogP contribution in [-0.2, 0) is 0 Å². The van der Waals surface area contributed by atoms with Crippen LogP contribution in [0, 0.1) is 18.3 Å². The summed E-state index contributed by atoms with van der Waals surface area (Å²) in [5.41, 5.74) is 3.00. The number of H-pyrrole nitrogens is 1. The summed E-state index contributed by atoms with van der Waals surface area (Å²) in [6.45, 7) is 2.82. The normalized spacial score (nSPS) is 10.3. The zero-order valence-electron chi connectivity index (χ0n) is 18.4. The second-order valence-corrected chi connectivity index (χ2v) is 7.27. The van der Waals surface area contributed by atoms with Crippen LogP contribution in [0.25, 0.3) is 11.1 Å². The van der Waals surface area contributed by atoms with Gasteiger partial charge in [-0.3, -0.25) is 5.10 Å². The number of hydrogen-bond donors (Lipinski definition) is 3. The highest BCUT2D eigenvalue weighted by Gasteiger charge is 2.15. The van der Waals surface area contributed by atoms with Crippen molar-refractivity contribution >= 4 is 17.5 Å². The molecule has 0 unspecified atom stereocenters. The van der Waals surface area contributed by atoms with Gasteiger partial charge in [0.2, 0.25) is 0 Å². The Morgan fingerprint density at radius 2 is 1.79 bits per heavy atom. The third kappa shape index (κ3) is 5.40. The number of hydrogen-bond acceptors (Lipinski definition) is 7. The molecule has 166 valence electrons. The van der Waals surface area contributed by atoms with Gasteiger partial charge in [-0.15, -0.1) is 0 Å². The summed E-state index contributed by atoms with van der Waals surface area (Å²) in [5, 5.41) is 23.5. The van der Waals surface area contributed by atoms with Crippen LogP contribution in [0.3, 0.4) is 0 Å². The fourth-order valence-corrected chi connectivity index (χ4v) is 3.32. The van der Waals surface area contributed by atoms with Gasteiger partial charge in [-0.05, 0) is 42.8 Å². The largest absolute Gasteiger partial charge is 0.497 e. The predicted octanol–water partition coefficient (Wildman–Crippen LogP) is 4.89. The zero-order chi connectivity index (χ0) is 23.0. The van der Waals surface area contributed by atoms with Gasteiger partial charge in [0.05, 0.1) is 13.7 Å². The number of aromatic nitrogens is 3. The van der Waals surface area contributed by atoms with Gasteiger partial charge < -0.3 is 20.1 Å². The number of benzene rings is 2. The Kier molecular flexibility index (Phi) is 6.71. The van der Waals surface area contributed by atoms with Gasteiger partial charge >= 0.3 is 0 Å². The smallest absolute Gasteiger partial charge is 0.153 e. The summed E-state index contributed by atoms with van der Waals surface area (Å²) in [7, 11) is 1.62. The highest BCUT2D eigenvalue weighted by atomic mass is 16.5. The van der Waals surface area contributed by atoms with Gasteiger partial charge in [-0.25, -0.2) is 4.98 Å². The van der Waals surface area contributed by atoms with Crippen molar-refractivity contribution < 1.29 is 9.47 Å². The molecular formula is C25H24N6O2. The van der Waals surface area contributed by atoms with Crippen molar-refractivity contribution in [3.8, 4) is 28.7 Å². The molecule has 8 nitrogen and oxygen atoms in total. The van der Waals surface area contributed by atoms with Crippen molar-refractivity contribution in [2.24, 2.45) is 0 Å². The van der Waals surface area contributed by atoms with E-state index in [-0.39, 0.29) is 0 Å². The quantitative estimate of drug-likeness (QED) is 0.318. The van der Waals surface area contributed by atoms with Crippen LogP contribution in [0.1, 0.15) is 11.3 Å². The lowest BCUT2D eigenvalue weighted by Gasteiger charge is -2.15. The van der Waals surface area contributed by atoms with Gasteiger partial charge in [0, 0.05) is 17.3 Å². The molecule has 0 aliphatic carbocycles. The lowest BCUT2D eigenvalue weighted by atomic mass is 10.0. The Hall–Kier alpha value is -4.51. The predicted molar refractivity (Wildman–Crippen MR) is 128 cm³/mol. The van der Waals surface area contributed by atoms with E-state index in [2.05, 4.69) is 31.9 Å². The first-order chi connectivity index (χ1) is 16.2. The number of para-hydroxylation sites is 1. The van der Waals surface area contributed by atoms with Crippen molar-refractivity contribution in [3.05, 3.63) is 78.0 Å². The Bertz CT molecular complexity index is 1250. The number of nitrogens with zero attached hydrogens (tertiary/aromatic N) is 3. The lowest BCUT2D eigenvalue weighted by molar-refractivity contribution is 0.333. The number of ether oxygens (including phenoxy) is 2. The summed E-state index contributed by atoms with van der Waals surface area (Å²) in [4.78, 5) is 4.63. The summed E-state index contributed by atoms with van der Waals surface area (Å²) < 4.78 is 11.0. The molecule has 2 aromatic carbocycles. The molecule has 2 aromatic heterocycles. The fourth-order valence-electron chi connectivity index (χ4n) is 3.32. The van der Waals surface area contributed by atoms with E-state index in [1.54, 1.807) is 7.11 Å². The standard InChI is InChI=1S/C25H24N6O2/c1-17-14-24(31-30-17)28-23-15-21(18-8-10-19(32-2)11-9-18)22(16-26)25(29-23)27-12-13-33-20-6-4-3-5-7-20/h3-11,14-15H,12-13H2,1-2H3,(H3,27,28,29,30,31). The van der Waals surface area contributed by atoms with Crippen molar-refractivity contribution in [2.75, 3.05) is 30.9 Å². The molecule has 0 aliphatic rings. The highest BCUT2D eigenvalue weighted by Crippen LogP contribution is 2.32. The van der Waals surface area contributed by atoms with Crippen molar-refractivity contribution in [1.29, 1.82) is 5.26 Å². The van der Waals surface area contributed by atoms with E-state index >= 15 is 0 Å². The summed E-state index contributed by atoms with van der Waals surface area (Å²) in [5.74, 6) is 3.21. The molecule has 0 amide bonds. The van der Waals surface area contributed by atoms with E-state index in [0.29, 0.717) is 36.2 Å². The first-order valence-electron chi connectivity index (χ1n) is 10.5. The van der Waals surface area contributed by atoms with Crippen LogP contribution in [-0.4, -0.2) is 35.4 Å². The molecule has 0 radical (unpaired) electrons. The Labute approximate surface area is 192 Å². The molecule has 0 spiro atoms. The van der Waals surface area contributed by atoms with Gasteiger partial charge in [-0.1, -0.05) is 30.3 Å². The van der Waals surface area contributed by atoms with Gasteiger partial charge in [0.25, 0.3) is 0 Å². The second kappa shape index (κ2) is 10.2. The maximum absolute atomic E-state index is 9.96.